The second-order valence-corrected chi connectivity index (χ2v) is 5.16. The van der Waals surface area contributed by atoms with Crippen molar-refractivity contribution in [1.82, 2.24) is 4.90 Å². The van der Waals surface area contributed by atoms with Crippen molar-refractivity contribution in [3.63, 3.8) is 0 Å². The topological polar surface area (TPSA) is 66.8 Å². The molecule has 1 N–H and O–H groups in total. The fourth-order valence-electron chi connectivity index (χ4n) is 1.74. The molecule has 1 aliphatic heterocycles. The highest BCUT2D eigenvalue weighted by Gasteiger charge is 2.42. The third kappa shape index (κ3) is 2.72. The third-order valence-electron chi connectivity index (χ3n) is 2.45. The first-order chi connectivity index (χ1) is 7.26. The maximum absolute atomic E-state index is 11.8. The number of amides is 2. The molecule has 0 radical (unpaired) electrons. The normalized spacial score (nSPS) is 26.1. The Labute approximate surface area is 95.4 Å². The molecule has 0 spiro atoms. The van der Waals surface area contributed by atoms with E-state index in [-0.39, 0.29) is 18.4 Å². The van der Waals surface area contributed by atoms with Gasteiger partial charge in [0.1, 0.15) is 5.60 Å². The van der Waals surface area contributed by atoms with E-state index >= 15 is 0 Å². The van der Waals surface area contributed by atoms with Gasteiger partial charge in [-0.2, -0.15) is 0 Å². The van der Waals surface area contributed by atoms with Gasteiger partial charge in [0, 0.05) is 5.92 Å². The molecule has 1 rings (SSSR count). The number of aliphatic hydroxyl groups is 1. The number of nitrogens with zero attached hydrogens (tertiary/aromatic N) is 1. The predicted molar refractivity (Wildman–Crippen MR) is 57.7 cm³/mol. The number of carbonyl (C=O) groups excluding carboxylic acids is 2. The van der Waals surface area contributed by atoms with Gasteiger partial charge in [-0.1, -0.05) is 6.92 Å². The number of hydrogen-bond acceptors (Lipinski definition) is 4. The molecule has 2 amide bonds. The first kappa shape index (κ1) is 13.0. The van der Waals surface area contributed by atoms with Crippen LogP contribution < -0.4 is 0 Å². The van der Waals surface area contributed by atoms with E-state index in [4.69, 9.17) is 9.84 Å². The van der Waals surface area contributed by atoms with E-state index in [0.29, 0.717) is 6.42 Å². The molecule has 5 nitrogen and oxygen atoms in total. The Balaban J connectivity index is 2.77. The van der Waals surface area contributed by atoms with Crippen molar-refractivity contribution in [3.8, 4) is 0 Å². The van der Waals surface area contributed by atoms with Crippen LogP contribution in [0.1, 0.15) is 34.1 Å². The highest BCUT2D eigenvalue weighted by molar-refractivity contribution is 5.95. The van der Waals surface area contributed by atoms with Crippen molar-refractivity contribution in [3.05, 3.63) is 0 Å². The number of hydrogen-bond donors (Lipinski definition) is 1. The Morgan fingerprint density at radius 1 is 1.56 bits per heavy atom. The van der Waals surface area contributed by atoms with Crippen molar-refractivity contribution in [2.45, 2.75) is 45.8 Å². The van der Waals surface area contributed by atoms with E-state index in [1.807, 2.05) is 0 Å². The molecule has 1 fully saturated rings. The minimum absolute atomic E-state index is 0.213. The molecule has 0 aromatic heterocycles. The predicted octanol–water partition coefficient (Wildman–Crippen LogP) is 1.15. The summed E-state index contributed by atoms with van der Waals surface area (Å²) >= 11 is 0. The molecule has 5 heteroatoms. The third-order valence-corrected chi connectivity index (χ3v) is 2.45. The number of aliphatic hydroxyl groups excluding tert-OH is 1. The van der Waals surface area contributed by atoms with Crippen LogP contribution >= 0.6 is 0 Å². The number of ether oxygens (including phenoxy) is 1. The summed E-state index contributed by atoms with van der Waals surface area (Å²) in [6, 6.07) is -0.447. The van der Waals surface area contributed by atoms with Crippen LogP contribution in [0.15, 0.2) is 0 Å². The first-order valence-corrected chi connectivity index (χ1v) is 5.43. The number of imide groups is 1. The molecule has 1 aliphatic rings. The van der Waals surface area contributed by atoms with E-state index in [1.165, 1.54) is 0 Å². The molecule has 92 valence electrons. The summed E-state index contributed by atoms with van der Waals surface area (Å²) < 4.78 is 5.13. The van der Waals surface area contributed by atoms with E-state index in [1.54, 1.807) is 27.7 Å². The Morgan fingerprint density at radius 3 is 2.56 bits per heavy atom. The largest absolute Gasteiger partial charge is 0.443 e. The Kier molecular flexibility index (Phi) is 3.57. The summed E-state index contributed by atoms with van der Waals surface area (Å²) in [5, 5.41) is 9.12. The lowest BCUT2D eigenvalue weighted by atomic mass is 10.1. The Bertz CT molecular complexity index is 295. The minimum atomic E-state index is -0.666. The molecule has 0 aromatic rings. The quantitative estimate of drug-likeness (QED) is 0.732. The molecule has 0 aliphatic carbocycles. The van der Waals surface area contributed by atoms with Crippen LogP contribution in [0, 0.1) is 5.92 Å². The zero-order valence-corrected chi connectivity index (χ0v) is 10.2. The van der Waals surface area contributed by atoms with Gasteiger partial charge in [0.25, 0.3) is 0 Å². The second-order valence-electron chi connectivity index (χ2n) is 5.16. The van der Waals surface area contributed by atoms with Crippen LogP contribution in [0.25, 0.3) is 0 Å². The van der Waals surface area contributed by atoms with Gasteiger partial charge in [0.05, 0.1) is 12.6 Å². The van der Waals surface area contributed by atoms with Gasteiger partial charge >= 0.3 is 6.09 Å². The molecule has 16 heavy (non-hydrogen) atoms. The van der Waals surface area contributed by atoms with Gasteiger partial charge in [-0.3, -0.25) is 4.79 Å². The molecule has 0 unspecified atom stereocenters. The molecular weight excluding hydrogens is 210 g/mol. The van der Waals surface area contributed by atoms with Gasteiger partial charge in [-0.05, 0) is 27.2 Å². The average Bonchev–Trinajstić information content (AvgIpc) is 2.40. The molecule has 2 atom stereocenters. The standard InChI is InChI=1S/C11H19NO4/c1-7-5-8(6-13)12(9(7)14)10(15)16-11(2,3)4/h7-8,13H,5-6H2,1-4H3/t7-,8+/m1/s1. The van der Waals surface area contributed by atoms with Crippen LogP contribution in [-0.2, 0) is 9.53 Å². The average molecular weight is 229 g/mol. The minimum Gasteiger partial charge on any atom is -0.443 e. The molecule has 1 saturated heterocycles. The SMILES string of the molecule is C[C@@H]1C[C@@H](CO)N(C(=O)OC(C)(C)C)C1=O. The highest BCUT2D eigenvalue weighted by atomic mass is 16.6. The maximum Gasteiger partial charge on any atom is 0.417 e. The van der Waals surface area contributed by atoms with E-state index in [9.17, 15) is 9.59 Å². The molecular formula is C11H19NO4. The lowest BCUT2D eigenvalue weighted by molar-refractivity contribution is -0.131. The van der Waals surface area contributed by atoms with Gasteiger partial charge in [-0.15, -0.1) is 0 Å². The van der Waals surface area contributed by atoms with Gasteiger partial charge in [0.2, 0.25) is 5.91 Å². The van der Waals surface area contributed by atoms with Gasteiger partial charge < -0.3 is 9.84 Å². The van der Waals surface area contributed by atoms with Gasteiger partial charge in [0.15, 0.2) is 0 Å². The molecule has 0 bridgehead atoms. The van der Waals surface area contributed by atoms with Crippen LogP contribution in [0.4, 0.5) is 4.79 Å². The summed E-state index contributed by atoms with van der Waals surface area (Å²) in [7, 11) is 0. The maximum atomic E-state index is 11.8. The van der Waals surface area contributed by atoms with E-state index in [0.717, 1.165) is 4.90 Å². The van der Waals surface area contributed by atoms with Crippen LogP contribution in [-0.4, -0.2) is 40.3 Å². The van der Waals surface area contributed by atoms with E-state index in [2.05, 4.69) is 0 Å². The zero-order valence-electron chi connectivity index (χ0n) is 10.2. The number of carbonyl (C=O) groups is 2. The van der Waals surface area contributed by atoms with Crippen molar-refractivity contribution < 1.29 is 19.4 Å². The molecule has 1 heterocycles. The van der Waals surface area contributed by atoms with Crippen LogP contribution in [0.3, 0.4) is 0 Å². The van der Waals surface area contributed by atoms with Crippen molar-refractivity contribution in [2.24, 2.45) is 5.92 Å². The number of likely N-dealkylation sites (tertiary alicyclic amines) is 1. The Hall–Kier alpha value is -1.10. The summed E-state index contributed by atoms with van der Waals surface area (Å²) in [4.78, 5) is 24.5. The zero-order chi connectivity index (χ0) is 12.5. The number of rotatable bonds is 1. The summed E-state index contributed by atoms with van der Waals surface area (Å²) in [5.74, 6) is -0.502. The molecule has 0 saturated carbocycles. The lowest BCUT2D eigenvalue weighted by Crippen LogP contribution is -2.44. The summed E-state index contributed by atoms with van der Waals surface area (Å²) in [5.41, 5.74) is -0.636. The Morgan fingerprint density at radius 2 is 2.12 bits per heavy atom. The van der Waals surface area contributed by atoms with Crippen LogP contribution in [0.5, 0.6) is 0 Å². The van der Waals surface area contributed by atoms with Crippen molar-refractivity contribution in [2.75, 3.05) is 6.61 Å². The second kappa shape index (κ2) is 4.41. The van der Waals surface area contributed by atoms with Crippen LogP contribution in [0.2, 0.25) is 0 Å². The van der Waals surface area contributed by atoms with Gasteiger partial charge in [-0.25, -0.2) is 9.69 Å². The first-order valence-electron chi connectivity index (χ1n) is 5.43. The van der Waals surface area contributed by atoms with E-state index < -0.39 is 17.7 Å². The highest BCUT2D eigenvalue weighted by Crippen LogP contribution is 2.26. The lowest BCUT2D eigenvalue weighted by Gasteiger charge is -2.26. The summed E-state index contributed by atoms with van der Waals surface area (Å²) in [6.07, 6.45) is -0.171. The fraction of sp³-hybridized carbons (Fsp3) is 0.818. The van der Waals surface area contributed by atoms with Crippen molar-refractivity contribution >= 4 is 12.0 Å². The monoisotopic (exact) mass is 229 g/mol. The summed E-state index contributed by atoms with van der Waals surface area (Å²) in [6.45, 7) is 6.75. The molecule has 0 aromatic carbocycles. The van der Waals surface area contributed by atoms with Crippen molar-refractivity contribution in [1.29, 1.82) is 0 Å². The fourth-order valence-corrected chi connectivity index (χ4v) is 1.74. The smallest absolute Gasteiger partial charge is 0.417 e.